The molecule has 1 atom stereocenters. The third kappa shape index (κ3) is 2.26. The lowest BCUT2D eigenvalue weighted by atomic mass is 10.1. The molecular formula is C12H13ClFN3. The van der Waals surface area contributed by atoms with Crippen LogP contribution in [0.2, 0.25) is 5.02 Å². The van der Waals surface area contributed by atoms with E-state index >= 15 is 0 Å². The number of aliphatic imine (C=N–C) groups is 1. The molecule has 1 aliphatic rings. The van der Waals surface area contributed by atoms with Crippen molar-refractivity contribution in [3.8, 4) is 0 Å². The second-order valence-corrected chi connectivity index (χ2v) is 4.23. The van der Waals surface area contributed by atoms with Gasteiger partial charge >= 0.3 is 0 Å². The fraction of sp³-hybridized carbons (Fsp3) is 0.250. The lowest BCUT2D eigenvalue weighted by molar-refractivity contribution is 0.380. The van der Waals surface area contributed by atoms with Crippen molar-refractivity contribution < 1.29 is 4.39 Å². The number of nitrogens with zero attached hydrogens (tertiary/aromatic N) is 2. The molecule has 0 spiro atoms. The fourth-order valence-corrected chi connectivity index (χ4v) is 2.22. The van der Waals surface area contributed by atoms with E-state index in [-0.39, 0.29) is 11.9 Å². The molecule has 1 aromatic carbocycles. The van der Waals surface area contributed by atoms with Crippen molar-refractivity contribution in [2.45, 2.75) is 6.04 Å². The minimum absolute atomic E-state index is 0.0406. The van der Waals surface area contributed by atoms with E-state index < -0.39 is 0 Å². The molecule has 90 valence electrons. The molecule has 2 rings (SSSR count). The first-order valence-electron chi connectivity index (χ1n) is 5.26. The highest BCUT2D eigenvalue weighted by Gasteiger charge is 2.28. The zero-order valence-corrected chi connectivity index (χ0v) is 9.99. The summed E-state index contributed by atoms with van der Waals surface area (Å²) in [5, 5.41) is 0.397. The van der Waals surface area contributed by atoms with Crippen molar-refractivity contribution in [3.05, 3.63) is 47.3 Å². The minimum atomic E-state index is -0.346. The van der Waals surface area contributed by atoms with Crippen LogP contribution in [-0.4, -0.2) is 23.9 Å². The zero-order valence-electron chi connectivity index (χ0n) is 9.24. The first kappa shape index (κ1) is 11.9. The second kappa shape index (κ2) is 4.75. The van der Waals surface area contributed by atoms with E-state index in [4.69, 9.17) is 17.3 Å². The molecule has 0 fully saturated rings. The summed E-state index contributed by atoms with van der Waals surface area (Å²) in [6.45, 7) is 4.80. The molecule has 2 N–H and O–H groups in total. The molecule has 1 aromatic rings. The van der Waals surface area contributed by atoms with Gasteiger partial charge in [-0.15, -0.1) is 6.58 Å². The van der Waals surface area contributed by atoms with Gasteiger partial charge in [-0.2, -0.15) is 0 Å². The topological polar surface area (TPSA) is 41.6 Å². The molecule has 0 saturated heterocycles. The van der Waals surface area contributed by atoms with Crippen molar-refractivity contribution in [1.82, 2.24) is 4.90 Å². The number of benzene rings is 1. The van der Waals surface area contributed by atoms with Crippen molar-refractivity contribution in [2.24, 2.45) is 10.7 Å². The Labute approximate surface area is 104 Å². The Morgan fingerprint density at radius 1 is 1.65 bits per heavy atom. The highest BCUT2D eigenvalue weighted by molar-refractivity contribution is 6.31. The Kier molecular flexibility index (Phi) is 3.33. The van der Waals surface area contributed by atoms with Crippen molar-refractivity contribution in [3.63, 3.8) is 0 Å². The molecule has 1 aliphatic heterocycles. The number of hydrogen-bond donors (Lipinski definition) is 1. The van der Waals surface area contributed by atoms with Gasteiger partial charge in [-0.1, -0.05) is 23.7 Å². The van der Waals surface area contributed by atoms with Crippen LogP contribution in [0, 0.1) is 5.82 Å². The van der Waals surface area contributed by atoms with Gasteiger partial charge in [-0.05, 0) is 17.7 Å². The van der Waals surface area contributed by atoms with Gasteiger partial charge in [0.2, 0.25) is 0 Å². The van der Waals surface area contributed by atoms with E-state index in [9.17, 15) is 4.39 Å². The van der Waals surface area contributed by atoms with Gasteiger partial charge in [0.05, 0.1) is 12.6 Å². The molecule has 17 heavy (non-hydrogen) atoms. The van der Waals surface area contributed by atoms with Gasteiger partial charge in [0.1, 0.15) is 5.82 Å². The minimum Gasteiger partial charge on any atom is -0.370 e. The molecule has 5 heteroatoms. The van der Waals surface area contributed by atoms with Gasteiger partial charge in [-0.25, -0.2) is 4.39 Å². The summed E-state index contributed by atoms with van der Waals surface area (Å²) >= 11 is 6.04. The van der Waals surface area contributed by atoms with Crippen molar-refractivity contribution >= 4 is 17.6 Å². The Morgan fingerprint density at radius 3 is 3.06 bits per heavy atom. The van der Waals surface area contributed by atoms with Gasteiger partial charge in [-0.3, -0.25) is 4.99 Å². The highest BCUT2D eigenvalue weighted by atomic mass is 35.5. The van der Waals surface area contributed by atoms with Gasteiger partial charge in [0.25, 0.3) is 0 Å². The Morgan fingerprint density at radius 2 is 2.41 bits per heavy atom. The lowest BCUT2D eigenvalue weighted by Crippen LogP contribution is -2.36. The van der Waals surface area contributed by atoms with Crippen molar-refractivity contribution in [2.75, 3.05) is 13.1 Å². The quantitative estimate of drug-likeness (QED) is 0.840. The maximum absolute atomic E-state index is 13.0. The van der Waals surface area contributed by atoms with E-state index in [2.05, 4.69) is 11.6 Å². The van der Waals surface area contributed by atoms with E-state index in [0.717, 1.165) is 5.56 Å². The predicted octanol–water partition coefficient (Wildman–Crippen LogP) is 2.34. The van der Waals surface area contributed by atoms with Gasteiger partial charge in [0, 0.05) is 11.6 Å². The van der Waals surface area contributed by atoms with Gasteiger partial charge < -0.3 is 10.6 Å². The summed E-state index contributed by atoms with van der Waals surface area (Å²) in [5.74, 6) is 0.121. The zero-order chi connectivity index (χ0) is 12.4. The number of halogens is 2. The van der Waals surface area contributed by atoms with Crippen LogP contribution in [0.25, 0.3) is 0 Å². The normalized spacial score (nSPS) is 19.3. The Balaban J connectivity index is 2.31. The molecule has 1 heterocycles. The van der Waals surface area contributed by atoms with Crippen LogP contribution in [0.1, 0.15) is 11.6 Å². The maximum Gasteiger partial charge on any atom is 0.192 e. The SMILES string of the molecule is C=CCN1C(N)=NCC1c1ccc(F)cc1Cl. The second-order valence-electron chi connectivity index (χ2n) is 3.82. The van der Waals surface area contributed by atoms with Crippen LogP contribution in [-0.2, 0) is 0 Å². The van der Waals surface area contributed by atoms with Gasteiger partial charge in [0.15, 0.2) is 5.96 Å². The Hall–Kier alpha value is -1.55. The molecule has 0 saturated carbocycles. The smallest absolute Gasteiger partial charge is 0.192 e. The lowest BCUT2D eigenvalue weighted by Gasteiger charge is -2.25. The summed E-state index contributed by atoms with van der Waals surface area (Å²) in [6.07, 6.45) is 1.75. The summed E-state index contributed by atoms with van der Waals surface area (Å²) in [7, 11) is 0. The third-order valence-electron chi connectivity index (χ3n) is 2.74. The number of guanidine groups is 1. The summed E-state index contributed by atoms with van der Waals surface area (Å²) < 4.78 is 13.0. The summed E-state index contributed by atoms with van der Waals surface area (Å²) in [4.78, 5) is 6.07. The fourth-order valence-electron chi connectivity index (χ4n) is 1.93. The Bertz CT molecular complexity index is 473. The average molecular weight is 254 g/mol. The maximum atomic E-state index is 13.0. The highest BCUT2D eigenvalue weighted by Crippen LogP contribution is 2.31. The molecule has 0 aliphatic carbocycles. The van der Waals surface area contributed by atoms with Crippen LogP contribution < -0.4 is 5.73 Å². The molecule has 3 nitrogen and oxygen atoms in total. The van der Waals surface area contributed by atoms with Crippen LogP contribution in [0.15, 0.2) is 35.8 Å². The number of hydrogen-bond acceptors (Lipinski definition) is 3. The molecular weight excluding hydrogens is 241 g/mol. The van der Waals surface area contributed by atoms with E-state index in [1.165, 1.54) is 12.1 Å². The molecule has 1 unspecified atom stereocenters. The van der Waals surface area contributed by atoms with E-state index in [0.29, 0.717) is 24.1 Å². The summed E-state index contributed by atoms with van der Waals surface area (Å²) in [6, 6.07) is 4.33. The largest absolute Gasteiger partial charge is 0.370 e. The summed E-state index contributed by atoms with van der Waals surface area (Å²) in [5.41, 5.74) is 6.62. The predicted molar refractivity (Wildman–Crippen MR) is 67.5 cm³/mol. The molecule has 0 amide bonds. The van der Waals surface area contributed by atoms with Crippen molar-refractivity contribution in [1.29, 1.82) is 0 Å². The molecule has 0 aromatic heterocycles. The first-order valence-corrected chi connectivity index (χ1v) is 5.63. The molecule has 0 bridgehead atoms. The monoisotopic (exact) mass is 253 g/mol. The standard InChI is InChI=1S/C12H13ClFN3/c1-2-5-17-11(7-16-12(17)15)9-4-3-8(14)6-10(9)13/h2-4,6,11H,1,5,7H2,(H2,15,16). The van der Waals surface area contributed by atoms with Crippen LogP contribution in [0.4, 0.5) is 4.39 Å². The van der Waals surface area contributed by atoms with E-state index in [1.54, 1.807) is 12.1 Å². The number of rotatable bonds is 3. The van der Waals surface area contributed by atoms with Crippen LogP contribution in [0.5, 0.6) is 0 Å². The molecule has 0 radical (unpaired) electrons. The number of nitrogens with two attached hydrogens (primary N) is 1. The van der Waals surface area contributed by atoms with Crippen LogP contribution in [0.3, 0.4) is 0 Å². The first-order chi connectivity index (χ1) is 8.13. The van der Waals surface area contributed by atoms with Crippen LogP contribution >= 0.6 is 11.6 Å². The third-order valence-corrected chi connectivity index (χ3v) is 3.07. The van der Waals surface area contributed by atoms with E-state index in [1.807, 2.05) is 4.90 Å². The average Bonchev–Trinajstić information content (AvgIpc) is 2.62.